The minimum atomic E-state index is -0.439. The predicted octanol–water partition coefficient (Wildman–Crippen LogP) is 6.99. The van der Waals surface area contributed by atoms with Crippen LogP contribution in [0.3, 0.4) is 0 Å². The molecule has 2 saturated heterocycles. The summed E-state index contributed by atoms with van der Waals surface area (Å²) in [5.74, 6) is 0.0282. The lowest BCUT2D eigenvalue weighted by molar-refractivity contribution is -0.135. The van der Waals surface area contributed by atoms with Gasteiger partial charge in [0.15, 0.2) is 0 Å². The maximum Gasteiger partial charge on any atom is 0.294 e. The van der Waals surface area contributed by atoms with E-state index >= 15 is 0 Å². The van der Waals surface area contributed by atoms with Gasteiger partial charge in [-0.2, -0.15) is 0 Å². The first-order valence-corrected chi connectivity index (χ1v) is 14.4. The molecule has 2 aliphatic rings. The summed E-state index contributed by atoms with van der Waals surface area (Å²) >= 11 is 11.4. The van der Waals surface area contributed by atoms with E-state index in [1.54, 1.807) is 11.0 Å². The van der Waals surface area contributed by atoms with Crippen molar-refractivity contribution in [2.45, 2.75) is 32.3 Å². The predicted molar refractivity (Wildman–Crippen MR) is 148 cm³/mol. The van der Waals surface area contributed by atoms with E-state index in [2.05, 4.69) is 47.8 Å². The number of benzene rings is 2. The van der Waals surface area contributed by atoms with Crippen LogP contribution in [-0.2, 0) is 16.2 Å². The van der Waals surface area contributed by atoms with Crippen molar-refractivity contribution >= 4 is 82.7 Å². The highest BCUT2D eigenvalue weighted by atomic mass is 79.9. The molecule has 0 radical (unpaired) electrons. The summed E-state index contributed by atoms with van der Waals surface area (Å²) in [7, 11) is 0. The molecule has 2 heterocycles. The monoisotopic (exact) mass is 684 g/mol. The van der Waals surface area contributed by atoms with Crippen LogP contribution < -0.4 is 4.74 Å². The van der Waals surface area contributed by atoms with Crippen molar-refractivity contribution in [1.29, 1.82) is 0 Å². The summed E-state index contributed by atoms with van der Waals surface area (Å²) in [6.07, 6.45) is 5.79. The number of halogens is 3. The summed E-state index contributed by atoms with van der Waals surface area (Å²) in [6, 6.07) is 11.5. The number of nitrogens with zero attached hydrogens (tertiary/aromatic N) is 2. The average molecular weight is 687 g/mol. The fourth-order valence-electron chi connectivity index (χ4n) is 3.88. The van der Waals surface area contributed by atoms with E-state index in [-0.39, 0.29) is 12.5 Å². The van der Waals surface area contributed by atoms with Crippen LogP contribution in [0.4, 0.5) is 4.79 Å². The molecule has 2 fully saturated rings. The Morgan fingerprint density at radius 1 is 0.971 bits per heavy atom. The van der Waals surface area contributed by atoms with Crippen LogP contribution in [-0.4, -0.2) is 46.5 Å². The number of hydrogen-bond acceptors (Lipinski definition) is 5. The van der Waals surface area contributed by atoms with Crippen LogP contribution in [0.15, 0.2) is 54.7 Å². The van der Waals surface area contributed by atoms with E-state index in [0.717, 1.165) is 57.9 Å². The Balaban J connectivity index is 1.44. The fraction of sp³-hybridized carbons (Fsp3) is 0.320. The van der Waals surface area contributed by atoms with Gasteiger partial charge in [-0.3, -0.25) is 19.3 Å². The number of imide groups is 1. The molecular weight excluding hydrogens is 664 g/mol. The van der Waals surface area contributed by atoms with E-state index in [4.69, 9.17) is 4.74 Å². The Labute approximate surface area is 233 Å². The number of likely N-dealkylation sites (tertiary alicyclic amines) is 1. The zero-order chi connectivity index (χ0) is 24.9. The molecule has 3 amide bonds. The summed E-state index contributed by atoms with van der Waals surface area (Å²) < 4.78 is 8.41. The first-order chi connectivity index (χ1) is 16.8. The third-order valence-electron chi connectivity index (χ3n) is 5.74. The first-order valence-electron chi connectivity index (χ1n) is 11.2. The highest BCUT2D eigenvalue weighted by Gasteiger charge is 2.37. The van der Waals surface area contributed by atoms with Crippen molar-refractivity contribution in [2.75, 3.05) is 19.6 Å². The van der Waals surface area contributed by atoms with Gasteiger partial charge in [0.1, 0.15) is 18.9 Å². The van der Waals surface area contributed by atoms with Gasteiger partial charge in [0.2, 0.25) is 5.91 Å². The van der Waals surface area contributed by atoms with Crippen molar-refractivity contribution in [1.82, 2.24) is 9.80 Å². The minimum Gasteiger partial charge on any atom is -0.487 e. The molecule has 184 valence electrons. The van der Waals surface area contributed by atoms with Crippen molar-refractivity contribution in [3.8, 4) is 5.75 Å². The van der Waals surface area contributed by atoms with Crippen LogP contribution >= 0.6 is 59.6 Å². The van der Waals surface area contributed by atoms with E-state index < -0.39 is 11.1 Å². The molecule has 2 aromatic rings. The molecular formula is C25H23Br3N2O4S. The molecule has 4 rings (SSSR count). The van der Waals surface area contributed by atoms with Crippen LogP contribution in [0.25, 0.3) is 6.08 Å². The second kappa shape index (κ2) is 12.1. The Bertz CT molecular complexity index is 1140. The van der Waals surface area contributed by atoms with Crippen LogP contribution in [0.5, 0.6) is 5.75 Å². The van der Waals surface area contributed by atoms with Gasteiger partial charge < -0.3 is 9.64 Å². The van der Waals surface area contributed by atoms with Crippen molar-refractivity contribution in [3.05, 3.63) is 65.8 Å². The molecule has 2 aromatic carbocycles. The minimum absolute atomic E-state index is 0.173. The van der Waals surface area contributed by atoms with E-state index in [1.165, 1.54) is 0 Å². The summed E-state index contributed by atoms with van der Waals surface area (Å²) in [4.78, 5) is 41.2. The summed E-state index contributed by atoms with van der Waals surface area (Å²) in [5, 5.41) is -0.419. The molecule has 35 heavy (non-hydrogen) atoms. The molecule has 0 spiro atoms. The number of rotatable bonds is 6. The quantitative estimate of drug-likeness (QED) is 0.307. The zero-order valence-electron chi connectivity index (χ0n) is 18.8. The fourth-order valence-corrected chi connectivity index (χ4v) is 6.43. The molecule has 0 atom stereocenters. The molecule has 0 bridgehead atoms. The Hall–Kier alpha value is -1.62. The van der Waals surface area contributed by atoms with Crippen molar-refractivity contribution in [2.24, 2.45) is 0 Å². The Morgan fingerprint density at radius 2 is 1.60 bits per heavy atom. The Morgan fingerprint density at radius 3 is 2.23 bits per heavy atom. The SMILES string of the molecule is O=C(CN1C(=O)SC(=Cc2cc(Br)c(OCc3ccc(Br)cc3)c(Br)c2)C1=O)N1CCCCCC1. The van der Waals surface area contributed by atoms with E-state index in [1.807, 2.05) is 36.4 Å². The largest absolute Gasteiger partial charge is 0.487 e. The third-order valence-corrected chi connectivity index (χ3v) is 8.35. The lowest BCUT2D eigenvalue weighted by Crippen LogP contribution is -2.42. The number of carbonyl (C=O) groups is 3. The van der Waals surface area contributed by atoms with Gasteiger partial charge in [0.05, 0.1) is 13.9 Å². The standard InChI is InChI=1S/C25H23Br3N2O4S/c26-18-7-5-16(6-8-18)15-34-23-19(27)11-17(12-20(23)28)13-21-24(32)30(25(33)35-21)14-22(31)29-9-3-1-2-4-10-29/h5-8,11-13H,1-4,9-10,14-15H2. The molecule has 0 N–H and O–H groups in total. The molecule has 10 heteroatoms. The topological polar surface area (TPSA) is 66.9 Å². The molecule has 6 nitrogen and oxygen atoms in total. The van der Waals surface area contributed by atoms with Gasteiger partial charge in [0.25, 0.3) is 11.1 Å². The van der Waals surface area contributed by atoms with E-state index in [9.17, 15) is 14.4 Å². The van der Waals surface area contributed by atoms with Crippen molar-refractivity contribution in [3.63, 3.8) is 0 Å². The maximum atomic E-state index is 12.9. The summed E-state index contributed by atoms with van der Waals surface area (Å²) in [5.41, 5.74) is 1.75. The number of thioether (sulfide) groups is 1. The zero-order valence-corrected chi connectivity index (χ0v) is 24.3. The van der Waals surface area contributed by atoms with Gasteiger partial charge in [-0.15, -0.1) is 0 Å². The summed E-state index contributed by atoms with van der Waals surface area (Å²) in [6.45, 7) is 1.55. The van der Waals surface area contributed by atoms with E-state index in [0.29, 0.717) is 39.3 Å². The molecule has 2 aliphatic heterocycles. The molecule has 0 saturated carbocycles. The lowest BCUT2D eigenvalue weighted by Gasteiger charge is -2.22. The van der Waals surface area contributed by atoms with Gasteiger partial charge in [-0.25, -0.2) is 0 Å². The highest BCUT2D eigenvalue weighted by Crippen LogP contribution is 2.38. The van der Waals surface area contributed by atoms with Crippen LogP contribution in [0, 0.1) is 0 Å². The van der Waals surface area contributed by atoms with Crippen LogP contribution in [0.2, 0.25) is 0 Å². The maximum absolute atomic E-state index is 12.9. The third kappa shape index (κ3) is 6.78. The molecule has 0 unspecified atom stereocenters. The van der Waals surface area contributed by atoms with Gasteiger partial charge >= 0.3 is 0 Å². The smallest absolute Gasteiger partial charge is 0.294 e. The number of ether oxygens (including phenoxy) is 1. The first kappa shape index (κ1) is 26.4. The molecule has 0 aliphatic carbocycles. The highest BCUT2D eigenvalue weighted by molar-refractivity contribution is 9.11. The second-order valence-electron chi connectivity index (χ2n) is 8.29. The lowest BCUT2D eigenvalue weighted by atomic mass is 10.2. The number of hydrogen-bond donors (Lipinski definition) is 0. The van der Waals surface area contributed by atoms with Gasteiger partial charge in [-0.05, 0) is 97.9 Å². The Kier molecular flexibility index (Phi) is 9.13. The second-order valence-corrected chi connectivity index (χ2v) is 11.9. The van der Waals surface area contributed by atoms with Gasteiger partial charge in [-0.1, -0.05) is 40.9 Å². The average Bonchev–Trinajstić information content (AvgIpc) is 3.01. The normalized spacial score (nSPS) is 17.7. The number of amides is 3. The molecule has 0 aromatic heterocycles. The van der Waals surface area contributed by atoms with Crippen LogP contribution in [0.1, 0.15) is 36.8 Å². The van der Waals surface area contributed by atoms with Gasteiger partial charge in [0, 0.05) is 17.6 Å². The van der Waals surface area contributed by atoms with Crippen molar-refractivity contribution < 1.29 is 19.1 Å². The number of carbonyl (C=O) groups excluding carboxylic acids is 3.